The monoisotopic (exact) mass is 359 g/mol. The van der Waals surface area contributed by atoms with E-state index in [0.29, 0.717) is 6.42 Å². The standard InChI is InChI=1S/C20H25NO5/c1-3-25-17(23)19(18(24)26-4-2)10-12-9-15-13-7-5-6-8-14(13)16(22)20(12,11-19)21-15/h5-8,12,15-16,21-22H,3-4,9-11H2,1-2H3/t12-,15-,16+,20+/m0/s1. The van der Waals surface area contributed by atoms with E-state index in [1.165, 1.54) is 0 Å². The maximum absolute atomic E-state index is 12.8. The van der Waals surface area contributed by atoms with Crippen molar-refractivity contribution in [3.05, 3.63) is 35.4 Å². The average molecular weight is 359 g/mol. The summed E-state index contributed by atoms with van der Waals surface area (Å²) in [5, 5.41) is 14.8. The second-order valence-electron chi connectivity index (χ2n) is 7.61. The molecule has 2 N–H and O–H groups in total. The minimum absolute atomic E-state index is 0.00344. The molecule has 0 unspecified atom stereocenters. The first-order valence-corrected chi connectivity index (χ1v) is 9.37. The topological polar surface area (TPSA) is 84.9 Å². The summed E-state index contributed by atoms with van der Waals surface area (Å²) in [6, 6.07) is 8.00. The van der Waals surface area contributed by atoms with Crippen LogP contribution in [0.5, 0.6) is 0 Å². The Bertz CT molecular complexity index is 729. The van der Waals surface area contributed by atoms with Crippen molar-refractivity contribution < 1.29 is 24.2 Å². The number of benzene rings is 1. The fourth-order valence-corrected chi connectivity index (χ4v) is 5.34. The molecule has 1 aliphatic carbocycles. The molecule has 3 aliphatic rings. The van der Waals surface area contributed by atoms with Crippen molar-refractivity contribution in [2.45, 2.75) is 50.8 Å². The number of ether oxygens (including phenoxy) is 2. The van der Waals surface area contributed by atoms with Crippen molar-refractivity contribution in [2.24, 2.45) is 11.3 Å². The number of carbonyl (C=O) groups is 2. The summed E-state index contributed by atoms with van der Waals surface area (Å²) >= 11 is 0. The second kappa shape index (κ2) is 6.06. The Balaban J connectivity index is 1.75. The van der Waals surface area contributed by atoms with Crippen molar-refractivity contribution >= 4 is 11.9 Å². The van der Waals surface area contributed by atoms with Crippen LogP contribution < -0.4 is 5.32 Å². The molecule has 1 spiro atoms. The molecule has 4 rings (SSSR count). The molecule has 1 saturated heterocycles. The molecule has 1 saturated carbocycles. The zero-order valence-corrected chi connectivity index (χ0v) is 15.2. The van der Waals surface area contributed by atoms with E-state index in [2.05, 4.69) is 5.32 Å². The van der Waals surface area contributed by atoms with Gasteiger partial charge in [-0.3, -0.25) is 9.59 Å². The van der Waals surface area contributed by atoms with Gasteiger partial charge in [-0.1, -0.05) is 24.3 Å². The molecule has 1 aromatic rings. The molecule has 0 radical (unpaired) electrons. The molecule has 0 aromatic heterocycles. The molecule has 26 heavy (non-hydrogen) atoms. The van der Waals surface area contributed by atoms with Crippen LogP contribution in [-0.2, 0) is 19.1 Å². The summed E-state index contributed by atoms with van der Waals surface area (Å²) in [5.41, 5.74) is -0.0411. The van der Waals surface area contributed by atoms with Gasteiger partial charge in [-0.05, 0) is 50.2 Å². The predicted octanol–water partition coefficient (Wildman–Crippen LogP) is 2.03. The number of carbonyl (C=O) groups excluding carboxylic acids is 2. The van der Waals surface area contributed by atoms with Crippen LogP contribution in [-0.4, -0.2) is 35.8 Å². The molecule has 6 heteroatoms. The van der Waals surface area contributed by atoms with Crippen LogP contribution in [0.15, 0.2) is 24.3 Å². The van der Waals surface area contributed by atoms with E-state index >= 15 is 0 Å². The lowest BCUT2D eigenvalue weighted by Gasteiger charge is -2.41. The van der Waals surface area contributed by atoms with Crippen molar-refractivity contribution in [1.29, 1.82) is 0 Å². The van der Waals surface area contributed by atoms with Gasteiger partial charge in [-0.15, -0.1) is 0 Å². The smallest absolute Gasteiger partial charge is 0.323 e. The number of rotatable bonds is 4. The zero-order valence-electron chi connectivity index (χ0n) is 15.2. The Labute approximate surface area is 152 Å². The molecule has 2 heterocycles. The first-order chi connectivity index (χ1) is 12.5. The molecule has 2 aliphatic heterocycles. The van der Waals surface area contributed by atoms with Gasteiger partial charge in [0.2, 0.25) is 0 Å². The molecular formula is C20H25NO5. The van der Waals surface area contributed by atoms with Crippen LogP contribution >= 0.6 is 0 Å². The van der Waals surface area contributed by atoms with E-state index in [4.69, 9.17) is 9.47 Å². The quantitative estimate of drug-likeness (QED) is 0.632. The summed E-state index contributed by atoms with van der Waals surface area (Å²) in [7, 11) is 0. The van der Waals surface area contributed by atoms with E-state index in [0.717, 1.165) is 17.5 Å². The van der Waals surface area contributed by atoms with Gasteiger partial charge >= 0.3 is 11.9 Å². The number of esters is 2. The van der Waals surface area contributed by atoms with E-state index in [1.54, 1.807) is 13.8 Å². The minimum Gasteiger partial charge on any atom is -0.465 e. The zero-order chi connectivity index (χ0) is 18.5. The van der Waals surface area contributed by atoms with Gasteiger partial charge in [0.15, 0.2) is 5.41 Å². The number of aliphatic hydroxyl groups excluding tert-OH is 1. The third-order valence-corrected chi connectivity index (χ3v) is 6.37. The van der Waals surface area contributed by atoms with Gasteiger partial charge < -0.3 is 19.9 Å². The largest absolute Gasteiger partial charge is 0.465 e. The molecule has 1 aromatic carbocycles. The summed E-state index contributed by atoms with van der Waals surface area (Å²) in [6.07, 6.45) is 0.565. The molecule has 2 bridgehead atoms. The van der Waals surface area contributed by atoms with Crippen LogP contribution in [0.4, 0.5) is 0 Å². The summed E-state index contributed by atoms with van der Waals surface area (Å²) in [5.74, 6) is -1.07. The van der Waals surface area contributed by atoms with Gasteiger partial charge in [0, 0.05) is 6.04 Å². The van der Waals surface area contributed by atoms with Crippen molar-refractivity contribution in [2.75, 3.05) is 13.2 Å². The SMILES string of the molecule is CCOC(=O)C1(C(=O)OCC)C[C@@H]2C[C@@H]3N[C@@]2(C1)[C@H](O)c1ccccc13. The number of fused-ring (bicyclic) bond motifs is 3. The van der Waals surface area contributed by atoms with Gasteiger partial charge in [0.1, 0.15) is 0 Å². The lowest BCUT2D eigenvalue weighted by atomic mass is 9.77. The minimum atomic E-state index is -1.35. The number of hydrogen-bond acceptors (Lipinski definition) is 6. The van der Waals surface area contributed by atoms with E-state index < -0.39 is 29.0 Å². The third-order valence-electron chi connectivity index (χ3n) is 6.37. The highest BCUT2D eigenvalue weighted by Crippen LogP contribution is 2.63. The maximum atomic E-state index is 12.8. The van der Waals surface area contributed by atoms with Crippen LogP contribution in [0, 0.1) is 11.3 Å². The summed E-state index contributed by atoms with van der Waals surface area (Å²) < 4.78 is 10.5. The predicted molar refractivity (Wildman–Crippen MR) is 93.0 cm³/mol. The van der Waals surface area contributed by atoms with Gasteiger partial charge in [-0.2, -0.15) is 0 Å². The normalized spacial score (nSPS) is 33.3. The first-order valence-electron chi connectivity index (χ1n) is 9.37. The van der Waals surface area contributed by atoms with E-state index in [9.17, 15) is 14.7 Å². The first kappa shape index (κ1) is 17.5. The molecule has 2 fully saturated rings. The number of nitrogens with one attached hydrogen (secondary N) is 1. The third kappa shape index (κ3) is 2.18. The second-order valence-corrected chi connectivity index (χ2v) is 7.61. The lowest BCUT2D eigenvalue weighted by molar-refractivity contribution is -0.172. The highest BCUT2D eigenvalue weighted by Gasteiger charge is 2.69. The fourth-order valence-electron chi connectivity index (χ4n) is 5.34. The van der Waals surface area contributed by atoms with Crippen LogP contribution in [0.1, 0.15) is 56.4 Å². The number of hydrogen-bond donors (Lipinski definition) is 2. The molecule has 4 atom stereocenters. The summed E-state index contributed by atoms with van der Waals surface area (Å²) in [6.45, 7) is 3.87. The maximum Gasteiger partial charge on any atom is 0.323 e. The van der Waals surface area contributed by atoms with Crippen molar-refractivity contribution in [3.8, 4) is 0 Å². The highest BCUT2D eigenvalue weighted by molar-refractivity contribution is 6.01. The van der Waals surface area contributed by atoms with Gasteiger partial charge in [0.05, 0.1) is 24.9 Å². The van der Waals surface area contributed by atoms with Crippen molar-refractivity contribution in [3.63, 3.8) is 0 Å². The molecule has 140 valence electrons. The average Bonchev–Trinajstić information content (AvgIpc) is 3.12. The van der Waals surface area contributed by atoms with Gasteiger partial charge in [-0.25, -0.2) is 0 Å². The highest BCUT2D eigenvalue weighted by atomic mass is 16.6. The Morgan fingerprint density at radius 2 is 1.77 bits per heavy atom. The van der Waals surface area contributed by atoms with Gasteiger partial charge in [0.25, 0.3) is 0 Å². The Morgan fingerprint density at radius 1 is 1.15 bits per heavy atom. The molecular weight excluding hydrogens is 334 g/mol. The Morgan fingerprint density at radius 3 is 2.38 bits per heavy atom. The van der Waals surface area contributed by atoms with E-state index in [-0.39, 0.29) is 31.6 Å². The Hall–Kier alpha value is -1.92. The Kier molecular flexibility index (Phi) is 4.08. The van der Waals surface area contributed by atoms with E-state index in [1.807, 2.05) is 24.3 Å². The van der Waals surface area contributed by atoms with Crippen LogP contribution in [0.25, 0.3) is 0 Å². The van der Waals surface area contributed by atoms with Crippen LogP contribution in [0.3, 0.4) is 0 Å². The number of aliphatic hydroxyl groups is 1. The molecule has 6 nitrogen and oxygen atoms in total. The fraction of sp³-hybridized carbons (Fsp3) is 0.600. The van der Waals surface area contributed by atoms with Crippen LogP contribution in [0.2, 0.25) is 0 Å². The summed E-state index contributed by atoms with van der Waals surface area (Å²) in [4.78, 5) is 25.6. The lowest BCUT2D eigenvalue weighted by Crippen LogP contribution is -2.53. The molecule has 0 amide bonds. The van der Waals surface area contributed by atoms with Crippen molar-refractivity contribution in [1.82, 2.24) is 5.32 Å².